The van der Waals surface area contributed by atoms with E-state index in [1.807, 2.05) is 0 Å². The third-order valence-corrected chi connectivity index (χ3v) is 3.41. The van der Waals surface area contributed by atoms with Crippen molar-refractivity contribution in [3.05, 3.63) is 56.8 Å². The average Bonchev–Trinajstić information content (AvgIpc) is 2.42. The van der Waals surface area contributed by atoms with Crippen molar-refractivity contribution in [1.29, 1.82) is 0 Å². The number of carbonyl (C=O) groups excluding carboxylic acids is 1. The summed E-state index contributed by atoms with van der Waals surface area (Å²) in [5, 5.41) is 8.70. The van der Waals surface area contributed by atoms with E-state index in [0.717, 1.165) is 5.56 Å². The van der Waals surface area contributed by atoms with Gasteiger partial charge >= 0.3 is 0 Å². The maximum absolute atomic E-state index is 12.1. The summed E-state index contributed by atoms with van der Waals surface area (Å²) in [4.78, 5) is 13.6. The third-order valence-electron chi connectivity index (χ3n) is 2.62. The van der Waals surface area contributed by atoms with Crippen molar-refractivity contribution in [3.8, 4) is 0 Å². The van der Waals surface area contributed by atoms with Gasteiger partial charge in [0.25, 0.3) is 5.91 Å². The van der Waals surface area contributed by atoms with Crippen molar-refractivity contribution in [2.24, 2.45) is 0 Å². The topological polar surface area (TPSA) is 46.1 Å². The van der Waals surface area contributed by atoms with Crippen LogP contribution in [-0.2, 0) is 6.54 Å². The van der Waals surface area contributed by atoms with Crippen LogP contribution in [0.5, 0.6) is 0 Å². The normalized spacial score (nSPS) is 10.4. The molecule has 0 bridgehead atoms. The molecule has 7 heteroatoms. The highest BCUT2D eigenvalue weighted by Crippen LogP contribution is 2.22. The van der Waals surface area contributed by atoms with Crippen LogP contribution in [0.2, 0.25) is 15.2 Å². The van der Waals surface area contributed by atoms with Gasteiger partial charge in [-0.25, -0.2) is 0 Å². The molecule has 1 heterocycles. The lowest BCUT2D eigenvalue weighted by Gasteiger charge is -2.17. The minimum Gasteiger partial charge on any atom is -0.336 e. The lowest BCUT2D eigenvalue weighted by atomic mass is 10.2. The molecular weight excluding hydrogens is 321 g/mol. The minimum atomic E-state index is -0.264. The third kappa shape index (κ3) is 3.60. The number of aromatic nitrogens is 2. The first-order valence-corrected chi connectivity index (χ1v) is 6.79. The molecular formula is C13H10Cl3N3O. The van der Waals surface area contributed by atoms with E-state index in [-0.39, 0.29) is 16.8 Å². The van der Waals surface area contributed by atoms with Gasteiger partial charge in [-0.3, -0.25) is 4.79 Å². The van der Waals surface area contributed by atoms with E-state index in [9.17, 15) is 4.79 Å². The van der Waals surface area contributed by atoms with E-state index < -0.39 is 0 Å². The fourth-order valence-electron chi connectivity index (χ4n) is 1.60. The molecule has 0 fully saturated rings. The average molecular weight is 331 g/mol. The molecule has 0 spiro atoms. The number of carbonyl (C=O) groups is 1. The van der Waals surface area contributed by atoms with Crippen LogP contribution in [0.15, 0.2) is 30.3 Å². The first-order valence-electron chi connectivity index (χ1n) is 5.66. The lowest BCUT2D eigenvalue weighted by molar-refractivity contribution is 0.0778. The molecule has 1 aromatic carbocycles. The molecule has 0 saturated carbocycles. The van der Waals surface area contributed by atoms with Crippen molar-refractivity contribution < 1.29 is 4.79 Å². The molecule has 0 aliphatic rings. The molecule has 0 N–H and O–H groups in total. The van der Waals surface area contributed by atoms with Crippen LogP contribution in [0, 0.1) is 0 Å². The standard InChI is InChI=1S/C13H10Cl3N3O/c1-19(7-8-2-3-9(14)6-10(8)15)13(20)11-4-5-12(16)18-17-11/h2-6H,7H2,1H3. The molecule has 1 amide bonds. The summed E-state index contributed by atoms with van der Waals surface area (Å²) in [7, 11) is 1.66. The van der Waals surface area contributed by atoms with Gasteiger partial charge in [0.1, 0.15) is 0 Å². The van der Waals surface area contributed by atoms with E-state index in [4.69, 9.17) is 34.8 Å². The highest BCUT2D eigenvalue weighted by atomic mass is 35.5. The second-order valence-corrected chi connectivity index (χ2v) is 5.37. The number of benzene rings is 1. The van der Waals surface area contributed by atoms with Crippen LogP contribution >= 0.6 is 34.8 Å². The Bertz CT molecular complexity index is 631. The molecule has 4 nitrogen and oxygen atoms in total. The van der Waals surface area contributed by atoms with Gasteiger partial charge in [-0.15, -0.1) is 10.2 Å². The van der Waals surface area contributed by atoms with Gasteiger partial charge in [-0.1, -0.05) is 40.9 Å². The fraction of sp³-hybridized carbons (Fsp3) is 0.154. The molecule has 2 rings (SSSR count). The summed E-state index contributed by atoms with van der Waals surface area (Å²) in [6.45, 7) is 0.346. The minimum absolute atomic E-state index is 0.224. The molecule has 0 atom stereocenters. The first kappa shape index (κ1) is 15.0. The predicted molar refractivity (Wildman–Crippen MR) is 79.3 cm³/mol. The number of nitrogens with zero attached hydrogens (tertiary/aromatic N) is 3. The predicted octanol–water partition coefficient (Wildman–Crippen LogP) is 3.71. The first-order chi connectivity index (χ1) is 9.47. The molecule has 0 radical (unpaired) electrons. The molecule has 1 aromatic heterocycles. The quantitative estimate of drug-likeness (QED) is 0.862. The Morgan fingerprint density at radius 2 is 1.90 bits per heavy atom. The lowest BCUT2D eigenvalue weighted by Crippen LogP contribution is -2.27. The highest BCUT2D eigenvalue weighted by Gasteiger charge is 2.15. The van der Waals surface area contributed by atoms with Crippen LogP contribution in [0.25, 0.3) is 0 Å². The van der Waals surface area contributed by atoms with E-state index in [0.29, 0.717) is 16.6 Å². The largest absolute Gasteiger partial charge is 0.336 e. The number of rotatable bonds is 3. The van der Waals surface area contributed by atoms with Crippen molar-refractivity contribution in [2.75, 3.05) is 7.05 Å². The molecule has 2 aromatic rings. The fourth-order valence-corrected chi connectivity index (χ4v) is 2.17. The van der Waals surface area contributed by atoms with Crippen LogP contribution in [0.1, 0.15) is 16.1 Å². The Kier molecular flexibility index (Phi) is 4.81. The Morgan fingerprint density at radius 3 is 2.50 bits per heavy atom. The van der Waals surface area contributed by atoms with Gasteiger partial charge in [-0.2, -0.15) is 0 Å². The second-order valence-electron chi connectivity index (χ2n) is 4.14. The molecule has 104 valence electrons. The van der Waals surface area contributed by atoms with Gasteiger partial charge < -0.3 is 4.90 Å². The molecule has 0 aliphatic carbocycles. The van der Waals surface area contributed by atoms with Gasteiger partial charge in [0.2, 0.25) is 0 Å². The number of amides is 1. The Morgan fingerprint density at radius 1 is 1.15 bits per heavy atom. The van der Waals surface area contributed by atoms with Crippen LogP contribution in [-0.4, -0.2) is 28.1 Å². The molecule has 0 aliphatic heterocycles. The molecule has 20 heavy (non-hydrogen) atoms. The molecule has 0 unspecified atom stereocenters. The van der Waals surface area contributed by atoms with Gasteiger partial charge in [0.05, 0.1) is 0 Å². The van der Waals surface area contributed by atoms with Crippen molar-refractivity contribution in [3.63, 3.8) is 0 Å². The Hall–Kier alpha value is -1.36. The van der Waals surface area contributed by atoms with Crippen LogP contribution < -0.4 is 0 Å². The summed E-state index contributed by atoms with van der Waals surface area (Å²) in [5.41, 5.74) is 1.02. The SMILES string of the molecule is CN(Cc1ccc(Cl)cc1Cl)C(=O)c1ccc(Cl)nn1. The monoisotopic (exact) mass is 329 g/mol. The number of hydrogen-bond acceptors (Lipinski definition) is 3. The van der Waals surface area contributed by atoms with Crippen LogP contribution in [0.4, 0.5) is 0 Å². The number of hydrogen-bond donors (Lipinski definition) is 0. The Balaban J connectivity index is 2.13. The van der Waals surface area contributed by atoms with Crippen LogP contribution in [0.3, 0.4) is 0 Å². The second kappa shape index (κ2) is 6.39. The van der Waals surface area contributed by atoms with Crippen molar-refractivity contribution >= 4 is 40.7 Å². The maximum Gasteiger partial charge on any atom is 0.274 e. The van der Waals surface area contributed by atoms with E-state index in [2.05, 4.69) is 10.2 Å². The molecule has 0 saturated heterocycles. The number of halogens is 3. The summed E-state index contributed by atoms with van der Waals surface area (Å²) < 4.78 is 0. The maximum atomic E-state index is 12.1. The van der Waals surface area contributed by atoms with Crippen molar-refractivity contribution in [2.45, 2.75) is 6.54 Å². The van der Waals surface area contributed by atoms with E-state index >= 15 is 0 Å². The highest BCUT2D eigenvalue weighted by molar-refractivity contribution is 6.35. The summed E-state index contributed by atoms with van der Waals surface area (Å²) >= 11 is 17.5. The van der Waals surface area contributed by atoms with Gasteiger partial charge in [0.15, 0.2) is 10.8 Å². The zero-order valence-corrected chi connectivity index (χ0v) is 12.7. The van der Waals surface area contributed by atoms with Gasteiger partial charge in [-0.05, 0) is 29.8 Å². The van der Waals surface area contributed by atoms with E-state index in [1.165, 1.54) is 17.0 Å². The zero-order valence-electron chi connectivity index (χ0n) is 10.5. The van der Waals surface area contributed by atoms with Gasteiger partial charge in [0, 0.05) is 23.6 Å². The smallest absolute Gasteiger partial charge is 0.274 e. The summed E-state index contributed by atoms with van der Waals surface area (Å²) in [6.07, 6.45) is 0. The van der Waals surface area contributed by atoms with Crippen molar-refractivity contribution in [1.82, 2.24) is 15.1 Å². The Labute approximate surface area is 131 Å². The zero-order chi connectivity index (χ0) is 14.7. The van der Waals surface area contributed by atoms with E-state index in [1.54, 1.807) is 25.2 Å². The summed E-state index contributed by atoms with van der Waals surface area (Å²) in [5.74, 6) is -0.264. The summed E-state index contributed by atoms with van der Waals surface area (Å²) in [6, 6.07) is 8.19.